The summed E-state index contributed by atoms with van der Waals surface area (Å²) in [5.41, 5.74) is 0.400. The first kappa shape index (κ1) is 12.9. The second-order valence-electron chi connectivity index (χ2n) is 2.91. The third-order valence-corrected chi connectivity index (χ3v) is 2.54. The Kier molecular flexibility index (Phi) is 4.63. The third-order valence-electron chi connectivity index (χ3n) is 1.80. The van der Waals surface area contributed by atoms with Gasteiger partial charge in [-0.15, -0.1) is 6.42 Å². The lowest BCUT2D eigenvalue weighted by Crippen LogP contribution is -2.15. The number of rotatable bonds is 4. The van der Waals surface area contributed by atoms with Crippen LogP contribution in [0, 0.1) is 12.3 Å². The third kappa shape index (κ3) is 3.14. The fraction of sp³-hybridized carbons (Fsp3) is 0.182. The topological polar surface area (TPSA) is 46.5 Å². The van der Waals surface area contributed by atoms with Gasteiger partial charge in [-0.05, 0) is 17.7 Å². The van der Waals surface area contributed by atoms with Gasteiger partial charge in [0.05, 0.1) is 10.0 Å². The van der Waals surface area contributed by atoms with Gasteiger partial charge in [0.25, 0.3) is 0 Å². The number of hydrogen-bond donors (Lipinski definition) is 1. The average molecular weight is 259 g/mol. The minimum atomic E-state index is -1.13. The van der Waals surface area contributed by atoms with Gasteiger partial charge in [-0.25, -0.2) is 4.79 Å². The highest BCUT2D eigenvalue weighted by atomic mass is 35.5. The van der Waals surface area contributed by atoms with Gasteiger partial charge in [0.1, 0.15) is 6.61 Å². The van der Waals surface area contributed by atoms with Crippen LogP contribution in [0.3, 0.4) is 0 Å². The number of carboxylic acid groups (broad SMARTS) is 1. The molecule has 1 N–H and O–H groups in total. The van der Waals surface area contributed by atoms with Crippen LogP contribution >= 0.6 is 23.2 Å². The molecule has 1 aromatic rings. The Bertz CT molecular complexity index is 437. The zero-order valence-corrected chi connectivity index (χ0v) is 9.63. The summed E-state index contributed by atoms with van der Waals surface area (Å²) in [5.74, 6) is 1.07. The number of hydrogen-bond acceptors (Lipinski definition) is 2. The maximum absolute atomic E-state index is 10.9. The summed E-state index contributed by atoms with van der Waals surface area (Å²) in [7, 11) is 0. The molecule has 0 aliphatic carbocycles. The molecular weight excluding hydrogens is 251 g/mol. The number of ether oxygens (including phenoxy) is 1. The number of aliphatic carboxylic acids is 1. The Morgan fingerprint density at radius 3 is 2.69 bits per heavy atom. The van der Waals surface area contributed by atoms with Crippen molar-refractivity contribution in [2.75, 3.05) is 6.61 Å². The molecule has 3 nitrogen and oxygen atoms in total. The van der Waals surface area contributed by atoms with E-state index in [-0.39, 0.29) is 11.6 Å². The maximum atomic E-state index is 10.9. The molecule has 0 saturated carbocycles. The molecule has 1 rings (SSSR count). The molecule has 0 bridgehead atoms. The Hall–Kier alpha value is -1.21. The molecule has 0 spiro atoms. The zero-order valence-electron chi connectivity index (χ0n) is 8.11. The van der Waals surface area contributed by atoms with Crippen LogP contribution in [0.1, 0.15) is 11.7 Å². The Morgan fingerprint density at radius 2 is 2.19 bits per heavy atom. The molecule has 0 aliphatic heterocycles. The molecule has 0 heterocycles. The first-order valence-electron chi connectivity index (χ1n) is 4.29. The van der Waals surface area contributed by atoms with Crippen molar-refractivity contribution in [1.82, 2.24) is 0 Å². The number of halogens is 2. The van der Waals surface area contributed by atoms with Gasteiger partial charge in [-0.1, -0.05) is 35.2 Å². The largest absolute Gasteiger partial charge is 0.479 e. The smallest absolute Gasteiger partial charge is 0.337 e. The summed E-state index contributed by atoms with van der Waals surface area (Å²) in [6, 6.07) is 4.48. The molecular formula is C11H8Cl2O3. The molecule has 0 aliphatic rings. The van der Waals surface area contributed by atoms with Crippen molar-refractivity contribution in [1.29, 1.82) is 0 Å². The lowest BCUT2D eigenvalue weighted by Gasteiger charge is -2.12. The molecule has 0 fully saturated rings. The summed E-state index contributed by atoms with van der Waals surface area (Å²) in [6.07, 6.45) is 3.86. The minimum Gasteiger partial charge on any atom is -0.479 e. The standard InChI is InChI=1S/C11H8Cl2O3/c1-2-5-16-10(11(14)15)7-3-4-8(12)9(13)6-7/h1,3-4,6,10H,5H2,(H,14,15). The molecule has 16 heavy (non-hydrogen) atoms. The highest BCUT2D eigenvalue weighted by Gasteiger charge is 2.20. The number of carbonyl (C=O) groups is 1. The van der Waals surface area contributed by atoms with E-state index in [9.17, 15) is 4.79 Å². The van der Waals surface area contributed by atoms with Crippen LogP contribution in [0.25, 0.3) is 0 Å². The number of benzene rings is 1. The molecule has 1 atom stereocenters. The van der Waals surface area contributed by atoms with Gasteiger partial charge in [0.15, 0.2) is 6.10 Å². The fourth-order valence-electron chi connectivity index (χ4n) is 1.12. The summed E-state index contributed by atoms with van der Waals surface area (Å²) in [4.78, 5) is 10.9. The van der Waals surface area contributed by atoms with Crippen molar-refractivity contribution in [2.24, 2.45) is 0 Å². The highest BCUT2D eigenvalue weighted by molar-refractivity contribution is 6.42. The Labute approximate surface area is 103 Å². The van der Waals surface area contributed by atoms with E-state index in [1.54, 1.807) is 0 Å². The van der Waals surface area contributed by atoms with Crippen LogP contribution in [0.15, 0.2) is 18.2 Å². The van der Waals surface area contributed by atoms with Gasteiger partial charge >= 0.3 is 5.97 Å². The van der Waals surface area contributed by atoms with E-state index in [4.69, 9.17) is 39.5 Å². The van der Waals surface area contributed by atoms with Crippen molar-refractivity contribution in [3.05, 3.63) is 33.8 Å². The molecule has 0 radical (unpaired) electrons. The van der Waals surface area contributed by atoms with E-state index in [1.807, 2.05) is 0 Å². The molecule has 84 valence electrons. The summed E-state index contributed by atoms with van der Waals surface area (Å²) < 4.78 is 5.00. The fourth-order valence-corrected chi connectivity index (χ4v) is 1.42. The lowest BCUT2D eigenvalue weighted by atomic mass is 10.1. The zero-order chi connectivity index (χ0) is 12.1. The van der Waals surface area contributed by atoms with E-state index < -0.39 is 12.1 Å². The predicted molar refractivity (Wildman–Crippen MR) is 61.6 cm³/mol. The Balaban J connectivity index is 2.97. The van der Waals surface area contributed by atoms with Gasteiger partial charge in [0.2, 0.25) is 0 Å². The van der Waals surface area contributed by atoms with E-state index in [0.29, 0.717) is 10.6 Å². The molecule has 0 saturated heterocycles. The maximum Gasteiger partial charge on any atom is 0.337 e. The first-order valence-corrected chi connectivity index (χ1v) is 5.04. The van der Waals surface area contributed by atoms with E-state index in [0.717, 1.165) is 0 Å². The van der Waals surface area contributed by atoms with E-state index >= 15 is 0 Å². The van der Waals surface area contributed by atoms with Crippen molar-refractivity contribution in [3.8, 4) is 12.3 Å². The second-order valence-corrected chi connectivity index (χ2v) is 3.72. The quantitative estimate of drug-likeness (QED) is 0.845. The summed E-state index contributed by atoms with van der Waals surface area (Å²) in [5, 5.41) is 9.57. The SMILES string of the molecule is C#CCOC(C(=O)O)c1ccc(Cl)c(Cl)c1. The predicted octanol–water partition coefficient (Wildman–Crippen LogP) is 2.77. The highest BCUT2D eigenvalue weighted by Crippen LogP contribution is 2.27. The van der Waals surface area contributed by atoms with Crippen LogP contribution < -0.4 is 0 Å². The molecule has 0 aromatic heterocycles. The second kappa shape index (κ2) is 5.76. The van der Waals surface area contributed by atoms with Crippen LogP contribution in [0.5, 0.6) is 0 Å². The van der Waals surface area contributed by atoms with Crippen LogP contribution in [-0.4, -0.2) is 17.7 Å². The van der Waals surface area contributed by atoms with E-state index in [2.05, 4.69) is 5.92 Å². The van der Waals surface area contributed by atoms with Crippen LogP contribution in [-0.2, 0) is 9.53 Å². The minimum absolute atomic E-state index is 0.0861. The van der Waals surface area contributed by atoms with E-state index in [1.165, 1.54) is 18.2 Å². The van der Waals surface area contributed by atoms with Gasteiger partial charge in [0, 0.05) is 0 Å². The van der Waals surface area contributed by atoms with Crippen LogP contribution in [0.2, 0.25) is 10.0 Å². The summed E-state index contributed by atoms with van der Waals surface area (Å²) in [6.45, 7) is -0.0861. The normalized spacial score (nSPS) is 11.8. The van der Waals surface area contributed by atoms with Gasteiger partial charge in [-0.3, -0.25) is 0 Å². The van der Waals surface area contributed by atoms with Crippen molar-refractivity contribution >= 4 is 29.2 Å². The van der Waals surface area contributed by atoms with Crippen molar-refractivity contribution in [3.63, 3.8) is 0 Å². The lowest BCUT2D eigenvalue weighted by molar-refractivity contribution is -0.149. The molecule has 5 heteroatoms. The van der Waals surface area contributed by atoms with Crippen LogP contribution in [0.4, 0.5) is 0 Å². The van der Waals surface area contributed by atoms with Gasteiger partial charge in [-0.2, -0.15) is 0 Å². The monoisotopic (exact) mass is 258 g/mol. The molecule has 1 aromatic carbocycles. The van der Waals surface area contributed by atoms with Crippen molar-refractivity contribution < 1.29 is 14.6 Å². The number of terminal acetylenes is 1. The molecule has 0 amide bonds. The Morgan fingerprint density at radius 1 is 1.50 bits per heavy atom. The number of carboxylic acids is 1. The summed E-state index contributed by atoms with van der Waals surface area (Å²) >= 11 is 11.5. The van der Waals surface area contributed by atoms with Gasteiger partial charge < -0.3 is 9.84 Å². The first-order chi connectivity index (χ1) is 7.56. The van der Waals surface area contributed by atoms with Crippen molar-refractivity contribution in [2.45, 2.75) is 6.10 Å². The molecule has 1 unspecified atom stereocenters. The average Bonchev–Trinajstić information content (AvgIpc) is 2.23.